The minimum absolute atomic E-state index is 0.300. The SMILES string of the molecule is COc1ccccc1N(C)c1ncnc(N)c1OC. The lowest BCUT2D eigenvalue weighted by Gasteiger charge is -2.22. The average Bonchev–Trinajstić information content (AvgIpc) is 2.46. The molecule has 0 saturated carbocycles. The summed E-state index contributed by atoms with van der Waals surface area (Å²) in [7, 11) is 5.02. The summed E-state index contributed by atoms with van der Waals surface area (Å²) in [5.74, 6) is 2.06. The second kappa shape index (κ2) is 5.43. The number of aromatic nitrogens is 2. The van der Waals surface area contributed by atoms with Crippen molar-refractivity contribution in [3.8, 4) is 11.5 Å². The molecule has 0 unspecified atom stereocenters. The molecule has 0 atom stereocenters. The first-order chi connectivity index (χ1) is 9.19. The molecule has 0 aliphatic carbocycles. The van der Waals surface area contributed by atoms with Crippen molar-refractivity contribution in [2.75, 3.05) is 31.9 Å². The first-order valence-corrected chi connectivity index (χ1v) is 5.70. The lowest BCUT2D eigenvalue weighted by Crippen LogP contribution is -2.14. The van der Waals surface area contributed by atoms with E-state index in [1.807, 2.05) is 36.2 Å². The number of nitrogens with two attached hydrogens (primary N) is 1. The Morgan fingerprint density at radius 3 is 2.53 bits per heavy atom. The van der Waals surface area contributed by atoms with Crippen molar-refractivity contribution in [2.45, 2.75) is 0 Å². The fraction of sp³-hybridized carbons (Fsp3) is 0.231. The van der Waals surface area contributed by atoms with Crippen molar-refractivity contribution in [1.29, 1.82) is 0 Å². The van der Waals surface area contributed by atoms with Gasteiger partial charge < -0.3 is 20.1 Å². The Balaban J connectivity index is 2.50. The number of nitrogens with zero attached hydrogens (tertiary/aromatic N) is 3. The van der Waals surface area contributed by atoms with Gasteiger partial charge in [-0.2, -0.15) is 0 Å². The fourth-order valence-corrected chi connectivity index (χ4v) is 1.83. The van der Waals surface area contributed by atoms with E-state index in [1.54, 1.807) is 7.11 Å². The number of benzene rings is 1. The molecule has 0 fully saturated rings. The van der Waals surface area contributed by atoms with E-state index in [-0.39, 0.29) is 0 Å². The van der Waals surface area contributed by atoms with Crippen LogP contribution in [0.5, 0.6) is 11.5 Å². The fourth-order valence-electron chi connectivity index (χ4n) is 1.83. The minimum Gasteiger partial charge on any atom is -0.495 e. The molecule has 2 aromatic rings. The van der Waals surface area contributed by atoms with Crippen molar-refractivity contribution in [3.05, 3.63) is 30.6 Å². The van der Waals surface area contributed by atoms with Gasteiger partial charge in [0.1, 0.15) is 12.1 Å². The summed E-state index contributed by atoms with van der Waals surface area (Å²) in [5, 5.41) is 0. The minimum atomic E-state index is 0.300. The van der Waals surface area contributed by atoms with Crippen LogP contribution in [0.3, 0.4) is 0 Å². The van der Waals surface area contributed by atoms with Gasteiger partial charge in [-0.3, -0.25) is 0 Å². The number of methoxy groups -OCH3 is 2. The zero-order chi connectivity index (χ0) is 13.8. The van der Waals surface area contributed by atoms with Crippen LogP contribution in [-0.2, 0) is 0 Å². The highest BCUT2D eigenvalue weighted by Gasteiger charge is 2.17. The lowest BCUT2D eigenvalue weighted by molar-refractivity contribution is 0.411. The van der Waals surface area contributed by atoms with Crippen molar-refractivity contribution >= 4 is 17.3 Å². The Labute approximate surface area is 111 Å². The Morgan fingerprint density at radius 1 is 1.11 bits per heavy atom. The molecule has 0 aliphatic heterocycles. The normalized spacial score (nSPS) is 10.1. The van der Waals surface area contributed by atoms with Crippen LogP contribution in [0, 0.1) is 0 Å². The molecule has 2 rings (SSSR count). The third kappa shape index (κ3) is 2.37. The standard InChI is InChI=1S/C13H16N4O2/c1-17(9-6-4-5-7-10(9)18-2)13-11(19-3)12(14)15-8-16-13/h4-8H,1-3H3,(H2,14,15,16). The van der Waals surface area contributed by atoms with E-state index in [2.05, 4.69) is 9.97 Å². The van der Waals surface area contributed by atoms with Crippen LogP contribution < -0.4 is 20.1 Å². The van der Waals surface area contributed by atoms with Gasteiger partial charge in [0, 0.05) is 7.05 Å². The molecule has 1 aromatic carbocycles. The monoisotopic (exact) mass is 260 g/mol. The largest absolute Gasteiger partial charge is 0.495 e. The van der Waals surface area contributed by atoms with Crippen molar-refractivity contribution in [1.82, 2.24) is 9.97 Å². The van der Waals surface area contributed by atoms with Crippen LogP contribution in [0.2, 0.25) is 0 Å². The Kier molecular flexibility index (Phi) is 3.70. The lowest BCUT2D eigenvalue weighted by atomic mass is 10.2. The van der Waals surface area contributed by atoms with E-state index < -0.39 is 0 Å². The maximum atomic E-state index is 5.78. The van der Waals surface area contributed by atoms with E-state index in [9.17, 15) is 0 Å². The van der Waals surface area contributed by atoms with Crippen molar-refractivity contribution in [3.63, 3.8) is 0 Å². The molecule has 0 radical (unpaired) electrons. The number of anilines is 3. The number of ether oxygens (including phenoxy) is 2. The van der Waals surface area contributed by atoms with E-state index in [0.29, 0.717) is 17.4 Å². The molecule has 6 nitrogen and oxygen atoms in total. The van der Waals surface area contributed by atoms with E-state index >= 15 is 0 Å². The first kappa shape index (κ1) is 12.9. The maximum absolute atomic E-state index is 5.78. The van der Waals surface area contributed by atoms with Gasteiger partial charge in [-0.15, -0.1) is 0 Å². The van der Waals surface area contributed by atoms with Crippen LogP contribution in [0.1, 0.15) is 0 Å². The van der Waals surface area contributed by atoms with Gasteiger partial charge >= 0.3 is 0 Å². The predicted octanol–water partition coefficient (Wildman–Crippen LogP) is 1.84. The molecular weight excluding hydrogens is 244 g/mol. The summed E-state index contributed by atoms with van der Waals surface area (Å²) in [6.07, 6.45) is 1.40. The third-order valence-electron chi connectivity index (χ3n) is 2.78. The van der Waals surface area contributed by atoms with Gasteiger partial charge in [-0.05, 0) is 12.1 Å². The molecule has 19 heavy (non-hydrogen) atoms. The molecule has 1 aromatic heterocycles. The molecular formula is C13H16N4O2. The number of hydrogen-bond donors (Lipinski definition) is 1. The summed E-state index contributed by atoms with van der Waals surface area (Å²) < 4.78 is 10.6. The molecule has 100 valence electrons. The molecule has 0 aliphatic rings. The summed E-state index contributed by atoms with van der Waals surface area (Å²) >= 11 is 0. The number of nitrogen functional groups attached to an aromatic ring is 1. The van der Waals surface area contributed by atoms with Crippen molar-refractivity contribution < 1.29 is 9.47 Å². The molecule has 0 bridgehead atoms. The third-order valence-corrected chi connectivity index (χ3v) is 2.78. The zero-order valence-electron chi connectivity index (χ0n) is 11.1. The summed E-state index contributed by atoms with van der Waals surface area (Å²) in [4.78, 5) is 9.97. The quantitative estimate of drug-likeness (QED) is 0.904. The topological polar surface area (TPSA) is 73.5 Å². The molecule has 0 saturated heterocycles. The Hall–Kier alpha value is -2.50. The zero-order valence-corrected chi connectivity index (χ0v) is 11.1. The molecule has 1 heterocycles. The summed E-state index contributed by atoms with van der Waals surface area (Å²) in [6, 6.07) is 7.63. The Bertz CT molecular complexity index is 574. The highest BCUT2D eigenvalue weighted by atomic mass is 16.5. The maximum Gasteiger partial charge on any atom is 0.204 e. The average molecular weight is 260 g/mol. The van der Waals surface area contributed by atoms with Gasteiger partial charge in [-0.1, -0.05) is 12.1 Å². The van der Waals surface area contributed by atoms with Gasteiger partial charge in [-0.25, -0.2) is 9.97 Å². The number of hydrogen-bond acceptors (Lipinski definition) is 6. The smallest absolute Gasteiger partial charge is 0.204 e. The van der Waals surface area contributed by atoms with Crippen molar-refractivity contribution in [2.24, 2.45) is 0 Å². The van der Waals surface area contributed by atoms with Crippen LogP contribution >= 0.6 is 0 Å². The highest BCUT2D eigenvalue weighted by molar-refractivity contribution is 5.73. The van der Waals surface area contributed by atoms with Crippen LogP contribution in [0.4, 0.5) is 17.3 Å². The molecule has 6 heteroatoms. The second-order valence-corrected chi connectivity index (χ2v) is 3.85. The van der Waals surface area contributed by atoms with E-state index in [1.165, 1.54) is 13.4 Å². The van der Waals surface area contributed by atoms with Gasteiger partial charge in [0.05, 0.1) is 19.9 Å². The van der Waals surface area contributed by atoms with Gasteiger partial charge in [0.15, 0.2) is 11.6 Å². The number of rotatable bonds is 4. The highest BCUT2D eigenvalue weighted by Crippen LogP contribution is 2.37. The summed E-state index contributed by atoms with van der Waals surface area (Å²) in [6.45, 7) is 0. The van der Waals surface area contributed by atoms with Crippen LogP contribution in [-0.4, -0.2) is 31.2 Å². The molecule has 0 spiro atoms. The molecule has 0 amide bonds. The molecule has 2 N–H and O–H groups in total. The van der Waals surface area contributed by atoms with Gasteiger partial charge in [0.2, 0.25) is 5.75 Å². The van der Waals surface area contributed by atoms with E-state index in [4.69, 9.17) is 15.2 Å². The van der Waals surface area contributed by atoms with Gasteiger partial charge in [0.25, 0.3) is 0 Å². The Morgan fingerprint density at radius 2 is 1.84 bits per heavy atom. The predicted molar refractivity (Wildman–Crippen MR) is 74.1 cm³/mol. The van der Waals surface area contributed by atoms with Crippen LogP contribution in [0.25, 0.3) is 0 Å². The second-order valence-electron chi connectivity index (χ2n) is 3.85. The first-order valence-electron chi connectivity index (χ1n) is 5.70. The van der Waals surface area contributed by atoms with E-state index in [0.717, 1.165) is 11.4 Å². The van der Waals surface area contributed by atoms with Crippen LogP contribution in [0.15, 0.2) is 30.6 Å². The summed E-state index contributed by atoms with van der Waals surface area (Å²) in [5.41, 5.74) is 6.65. The number of para-hydroxylation sites is 2.